The largest absolute Gasteiger partial charge is 0.481 e. The molecule has 0 aliphatic carbocycles. The van der Waals surface area contributed by atoms with E-state index in [4.69, 9.17) is 5.11 Å². The van der Waals surface area contributed by atoms with Gasteiger partial charge in [0.15, 0.2) is 0 Å². The number of carbonyl (C=O) groups excluding carboxylic acids is 1. The van der Waals surface area contributed by atoms with Crippen LogP contribution in [0.25, 0.3) is 0 Å². The van der Waals surface area contributed by atoms with E-state index in [1.807, 2.05) is 17.0 Å². The fraction of sp³-hybridized carbons (Fsp3) is 0.500. The predicted molar refractivity (Wildman–Crippen MR) is 77.7 cm³/mol. The highest BCUT2D eigenvalue weighted by Gasteiger charge is 2.33. The minimum atomic E-state index is -0.779. The second-order valence-electron chi connectivity index (χ2n) is 5.94. The van der Waals surface area contributed by atoms with Crippen LogP contribution < -0.4 is 5.32 Å². The van der Waals surface area contributed by atoms with Crippen molar-refractivity contribution in [1.29, 1.82) is 0 Å². The molecule has 1 amide bonds. The molecule has 5 heteroatoms. The first-order valence-electron chi connectivity index (χ1n) is 7.44. The molecule has 112 valence electrons. The monoisotopic (exact) mass is 288 g/mol. The third-order valence-electron chi connectivity index (χ3n) is 4.44. The average Bonchev–Trinajstić information content (AvgIpc) is 2.93. The van der Waals surface area contributed by atoms with Crippen molar-refractivity contribution in [3.8, 4) is 0 Å². The summed E-state index contributed by atoms with van der Waals surface area (Å²) in [6.45, 7) is 1.97. The van der Waals surface area contributed by atoms with Crippen LogP contribution in [0.15, 0.2) is 24.3 Å². The van der Waals surface area contributed by atoms with Crippen LogP contribution in [-0.2, 0) is 22.6 Å². The molecule has 0 radical (unpaired) electrons. The normalized spacial score (nSPS) is 24.7. The molecular weight excluding hydrogens is 268 g/mol. The molecule has 0 spiro atoms. The van der Waals surface area contributed by atoms with Gasteiger partial charge in [-0.05, 0) is 29.9 Å². The lowest BCUT2D eigenvalue weighted by Gasteiger charge is -2.29. The van der Waals surface area contributed by atoms with Crippen molar-refractivity contribution in [3.05, 3.63) is 35.4 Å². The lowest BCUT2D eigenvalue weighted by molar-refractivity contribution is -0.138. The zero-order valence-electron chi connectivity index (χ0n) is 11.9. The summed E-state index contributed by atoms with van der Waals surface area (Å²) in [4.78, 5) is 25.1. The number of hydrogen-bond donors (Lipinski definition) is 2. The van der Waals surface area contributed by atoms with E-state index >= 15 is 0 Å². The molecule has 0 saturated carbocycles. The molecule has 2 heterocycles. The summed E-state index contributed by atoms with van der Waals surface area (Å²) in [7, 11) is 0. The molecule has 21 heavy (non-hydrogen) atoms. The molecule has 2 atom stereocenters. The molecule has 5 nitrogen and oxygen atoms in total. The number of nitrogens with zero attached hydrogens (tertiary/aromatic N) is 1. The summed E-state index contributed by atoms with van der Waals surface area (Å²) in [6.07, 6.45) is 1.67. The van der Waals surface area contributed by atoms with Gasteiger partial charge in [-0.3, -0.25) is 9.59 Å². The Balaban J connectivity index is 1.61. The van der Waals surface area contributed by atoms with Gasteiger partial charge in [-0.1, -0.05) is 24.3 Å². The molecule has 1 fully saturated rings. The Morgan fingerprint density at radius 2 is 2.05 bits per heavy atom. The number of amides is 1. The number of likely N-dealkylation sites (tertiary alicyclic amines) is 1. The van der Waals surface area contributed by atoms with Gasteiger partial charge in [0.1, 0.15) is 0 Å². The number of carboxylic acids is 1. The Bertz CT molecular complexity index is 558. The Labute approximate surface area is 123 Å². The summed E-state index contributed by atoms with van der Waals surface area (Å²) in [5.74, 6) is -0.571. The van der Waals surface area contributed by atoms with Gasteiger partial charge in [0.2, 0.25) is 5.91 Å². The molecule has 0 aromatic heterocycles. The fourth-order valence-electron chi connectivity index (χ4n) is 3.30. The number of rotatable bonds is 3. The smallest absolute Gasteiger partial charge is 0.303 e. The van der Waals surface area contributed by atoms with Gasteiger partial charge in [0.05, 0.1) is 6.04 Å². The van der Waals surface area contributed by atoms with Crippen LogP contribution in [0.2, 0.25) is 0 Å². The van der Waals surface area contributed by atoms with Crippen LogP contribution in [0.3, 0.4) is 0 Å². The van der Waals surface area contributed by atoms with Gasteiger partial charge in [-0.2, -0.15) is 0 Å². The molecular formula is C16H20N2O3. The molecule has 2 N–H and O–H groups in total. The zero-order valence-corrected chi connectivity index (χ0v) is 11.9. The second kappa shape index (κ2) is 5.85. The van der Waals surface area contributed by atoms with Gasteiger partial charge in [-0.15, -0.1) is 0 Å². The maximum Gasteiger partial charge on any atom is 0.303 e. The quantitative estimate of drug-likeness (QED) is 0.871. The Morgan fingerprint density at radius 1 is 1.29 bits per heavy atom. The summed E-state index contributed by atoms with van der Waals surface area (Å²) in [6, 6.07) is 8.00. The Kier molecular flexibility index (Phi) is 3.92. The highest BCUT2D eigenvalue weighted by molar-refractivity contribution is 5.83. The molecule has 3 rings (SSSR count). The average molecular weight is 288 g/mol. The van der Waals surface area contributed by atoms with E-state index in [2.05, 4.69) is 17.4 Å². The maximum atomic E-state index is 12.6. The summed E-state index contributed by atoms with van der Waals surface area (Å²) in [5.41, 5.74) is 2.49. The Hall–Kier alpha value is -1.88. The number of nitrogens with one attached hydrogen (secondary N) is 1. The summed E-state index contributed by atoms with van der Waals surface area (Å²) >= 11 is 0. The number of carbonyl (C=O) groups is 2. The molecule has 1 aromatic rings. The van der Waals surface area contributed by atoms with E-state index in [-0.39, 0.29) is 24.3 Å². The fourth-order valence-corrected chi connectivity index (χ4v) is 3.30. The van der Waals surface area contributed by atoms with Crippen LogP contribution in [0, 0.1) is 5.92 Å². The van der Waals surface area contributed by atoms with Crippen molar-refractivity contribution >= 4 is 11.9 Å². The summed E-state index contributed by atoms with van der Waals surface area (Å²) < 4.78 is 0. The number of hydrogen-bond acceptors (Lipinski definition) is 3. The van der Waals surface area contributed by atoms with Gasteiger partial charge in [0.25, 0.3) is 0 Å². The highest BCUT2D eigenvalue weighted by Crippen LogP contribution is 2.23. The Morgan fingerprint density at radius 3 is 2.81 bits per heavy atom. The van der Waals surface area contributed by atoms with Crippen LogP contribution in [0.1, 0.15) is 24.0 Å². The first-order chi connectivity index (χ1) is 10.1. The number of aliphatic carboxylic acids is 1. The van der Waals surface area contributed by atoms with Crippen molar-refractivity contribution in [3.63, 3.8) is 0 Å². The predicted octanol–water partition coefficient (Wildman–Crippen LogP) is 1.02. The zero-order chi connectivity index (χ0) is 14.8. The van der Waals surface area contributed by atoms with Crippen LogP contribution >= 0.6 is 0 Å². The molecule has 2 aliphatic heterocycles. The minimum absolute atomic E-state index is 0.0994. The van der Waals surface area contributed by atoms with Gasteiger partial charge in [0, 0.05) is 26.1 Å². The third-order valence-corrected chi connectivity index (χ3v) is 4.44. The SMILES string of the molecule is O=C(O)CC1CCN(C(=O)[C@@H]2Cc3ccccc3CN2)C1. The van der Waals surface area contributed by atoms with E-state index in [1.165, 1.54) is 11.1 Å². The number of benzene rings is 1. The summed E-state index contributed by atoms with van der Waals surface area (Å²) in [5, 5.41) is 12.1. The maximum absolute atomic E-state index is 12.6. The van der Waals surface area contributed by atoms with E-state index in [9.17, 15) is 9.59 Å². The van der Waals surface area contributed by atoms with Crippen LogP contribution in [-0.4, -0.2) is 41.0 Å². The van der Waals surface area contributed by atoms with Crippen molar-refractivity contribution in [2.24, 2.45) is 5.92 Å². The van der Waals surface area contributed by atoms with E-state index in [0.717, 1.165) is 19.4 Å². The van der Waals surface area contributed by atoms with Crippen molar-refractivity contribution in [2.45, 2.75) is 31.8 Å². The molecule has 0 bridgehead atoms. The number of carboxylic acid groups (broad SMARTS) is 1. The van der Waals surface area contributed by atoms with Gasteiger partial charge >= 0.3 is 5.97 Å². The van der Waals surface area contributed by atoms with Gasteiger partial charge < -0.3 is 15.3 Å². The minimum Gasteiger partial charge on any atom is -0.481 e. The van der Waals surface area contributed by atoms with Crippen LogP contribution in [0.4, 0.5) is 0 Å². The van der Waals surface area contributed by atoms with E-state index in [0.29, 0.717) is 13.1 Å². The van der Waals surface area contributed by atoms with Gasteiger partial charge in [-0.25, -0.2) is 0 Å². The topological polar surface area (TPSA) is 69.6 Å². The highest BCUT2D eigenvalue weighted by atomic mass is 16.4. The molecule has 1 aromatic carbocycles. The van der Waals surface area contributed by atoms with E-state index < -0.39 is 5.97 Å². The van der Waals surface area contributed by atoms with Crippen molar-refractivity contribution in [1.82, 2.24) is 10.2 Å². The number of fused-ring (bicyclic) bond motifs is 1. The standard InChI is InChI=1S/C16H20N2O3/c19-15(20)7-11-5-6-18(10-11)16(21)14-8-12-3-1-2-4-13(12)9-17-14/h1-4,11,14,17H,5-10H2,(H,19,20)/t11?,14-/m0/s1. The van der Waals surface area contributed by atoms with Crippen molar-refractivity contribution < 1.29 is 14.7 Å². The van der Waals surface area contributed by atoms with Crippen LogP contribution in [0.5, 0.6) is 0 Å². The molecule has 1 saturated heterocycles. The molecule has 2 aliphatic rings. The lowest BCUT2D eigenvalue weighted by atomic mass is 9.95. The first kappa shape index (κ1) is 14.1. The first-order valence-corrected chi connectivity index (χ1v) is 7.44. The van der Waals surface area contributed by atoms with E-state index in [1.54, 1.807) is 0 Å². The lowest BCUT2D eigenvalue weighted by Crippen LogP contribution is -2.48. The second-order valence-corrected chi connectivity index (χ2v) is 5.94. The van der Waals surface area contributed by atoms with Crippen molar-refractivity contribution in [2.75, 3.05) is 13.1 Å². The third kappa shape index (κ3) is 3.08. The molecule has 1 unspecified atom stereocenters.